The molecule has 0 radical (unpaired) electrons. The first kappa shape index (κ1) is 16.0. The number of carbonyl (C=O) groups is 1. The van der Waals surface area contributed by atoms with Crippen molar-refractivity contribution in [3.63, 3.8) is 0 Å². The minimum absolute atomic E-state index is 0.272. The number of aromatic nitrogens is 1. The highest BCUT2D eigenvalue weighted by Gasteiger charge is 2.22. The molecule has 0 fully saturated rings. The van der Waals surface area contributed by atoms with E-state index in [-0.39, 0.29) is 5.91 Å². The largest absolute Gasteiger partial charge is 0.298 e. The van der Waals surface area contributed by atoms with Gasteiger partial charge in [-0.3, -0.25) is 10.1 Å². The van der Waals surface area contributed by atoms with E-state index >= 15 is 0 Å². The highest BCUT2D eigenvalue weighted by Crippen LogP contribution is 2.44. The molecule has 120 valence electrons. The summed E-state index contributed by atoms with van der Waals surface area (Å²) in [5.41, 5.74) is 2.48. The van der Waals surface area contributed by atoms with E-state index in [1.54, 1.807) is 30.0 Å². The van der Waals surface area contributed by atoms with E-state index < -0.39 is 0 Å². The average Bonchev–Trinajstić information content (AvgIpc) is 2.97. The van der Waals surface area contributed by atoms with Crippen LogP contribution in [-0.2, 0) is 5.75 Å². The summed E-state index contributed by atoms with van der Waals surface area (Å²) in [6.45, 7) is 0. The molecule has 2 aromatic carbocycles. The minimum atomic E-state index is -0.272. The Morgan fingerprint density at radius 3 is 2.67 bits per heavy atom. The third kappa shape index (κ3) is 3.05. The lowest BCUT2D eigenvalue weighted by Crippen LogP contribution is -2.11. The van der Waals surface area contributed by atoms with Gasteiger partial charge in [0.15, 0.2) is 5.13 Å². The maximum absolute atomic E-state index is 12.4. The van der Waals surface area contributed by atoms with Crippen LogP contribution < -0.4 is 5.32 Å². The second kappa shape index (κ2) is 6.41. The summed E-state index contributed by atoms with van der Waals surface area (Å²) in [5, 5.41) is 4.28. The Morgan fingerprint density at radius 1 is 1.12 bits per heavy atom. The topological polar surface area (TPSA) is 42.0 Å². The number of rotatable bonds is 2. The van der Waals surface area contributed by atoms with E-state index in [2.05, 4.69) is 22.4 Å². The fourth-order valence-corrected chi connectivity index (χ4v) is 5.12. The third-order valence-corrected chi connectivity index (χ3v) is 6.23. The normalized spacial score (nSPS) is 12.4. The molecule has 3 nitrogen and oxygen atoms in total. The van der Waals surface area contributed by atoms with Gasteiger partial charge in [0, 0.05) is 36.7 Å². The Bertz CT molecular complexity index is 935. The van der Waals surface area contributed by atoms with Crippen LogP contribution in [0.15, 0.2) is 47.4 Å². The van der Waals surface area contributed by atoms with Gasteiger partial charge in [0.05, 0.1) is 5.69 Å². The second-order valence-corrected chi connectivity index (χ2v) is 8.16. The van der Waals surface area contributed by atoms with Gasteiger partial charge in [-0.1, -0.05) is 41.4 Å². The Kier molecular flexibility index (Phi) is 4.26. The number of anilines is 1. The number of hydrogen-bond acceptors (Lipinski definition) is 4. The maximum atomic E-state index is 12.4. The summed E-state index contributed by atoms with van der Waals surface area (Å²) in [5.74, 6) is 0.592. The van der Waals surface area contributed by atoms with Gasteiger partial charge in [-0.2, -0.15) is 0 Å². The number of fused-ring (bicyclic) bond motifs is 3. The first-order valence-corrected chi connectivity index (χ1v) is 9.65. The molecule has 4 rings (SSSR count). The number of nitrogens with zero attached hydrogens (tertiary/aromatic N) is 1. The molecule has 24 heavy (non-hydrogen) atoms. The van der Waals surface area contributed by atoms with Crippen LogP contribution >= 0.6 is 46.3 Å². The first-order chi connectivity index (χ1) is 11.6. The lowest BCUT2D eigenvalue weighted by atomic mass is 10.1. The molecule has 1 amide bonds. The zero-order chi connectivity index (χ0) is 16.7. The van der Waals surface area contributed by atoms with E-state index in [1.807, 2.05) is 12.1 Å². The molecule has 0 spiro atoms. The number of amides is 1. The highest BCUT2D eigenvalue weighted by atomic mass is 35.5. The molecule has 1 aliphatic rings. The molecule has 0 aliphatic carbocycles. The van der Waals surface area contributed by atoms with Crippen molar-refractivity contribution in [1.29, 1.82) is 0 Å². The van der Waals surface area contributed by atoms with Gasteiger partial charge in [-0.25, -0.2) is 4.98 Å². The van der Waals surface area contributed by atoms with E-state index in [1.165, 1.54) is 16.2 Å². The Labute approximate surface area is 157 Å². The van der Waals surface area contributed by atoms with Crippen LogP contribution in [0.5, 0.6) is 0 Å². The zero-order valence-electron chi connectivity index (χ0n) is 12.2. The molecular weight excluding hydrogens is 383 g/mol. The van der Waals surface area contributed by atoms with Crippen molar-refractivity contribution in [3.05, 3.63) is 63.0 Å². The Morgan fingerprint density at radius 2 is 1.88 bits per heavy atom. The summed E-state index contributed by atoms with van der Waals surface area (Å²) >= 11 is 15.2. The lowest BCUT2D eigenvalue weighted by molar-refractivity contribution is 0.102. The summed E-state index contributed by atoms with van der Waals surface area (Å²) in [6, 6.07) is 12.9. The van der Waals surface area contributed by atoms with Crippen LogP contribution in [0.3, 0.4) is 0 Å². The molecule has 3 aromatic rings. The molecule has 0 atom stereocenters. The first-order valence-electron chi connectivity index (χ1n) is 7.09. The summed E-state index contributed by atoms with van der Waals surface area (Å²) in [7, 11) is 0. The molecule has 1 N–H and O–H groups in total. The lowest BCUT2D eigenvalue weighted by Gasteiger charge is -2.13. The van der Waals surface area contributed by atoms with Crippen molar-refractivity contribution in [2.45, 2.75) is 10.6 Å². The van der Waals surface area contributed by atoms with Crippen molar-refractivity contribution in [2.75, 3.05) is 5.32 Å². The summed E-state index contributed by atoms with van der Waals surface area (Å²) in [6.07, 6.45) is 0. The molecule has 7 heteroatoms. The zero-order valence-corrected chi connectivity index (χ0v) is 15.3. The smallest absolute Gasteiger partial charge is 0.257 e. The molecule has 0 saturated heterocycles. The average molecular weight is 393 g/mol. The molecule has 0 unspecified atom stereocenters. The number of carbonyl (C=O) groups excluding carboxylic acids is 1. The van der Waals surface area contributed by atoms with Crippen LogP contribution in [0.2, 0.25) is 10.0 Å². The highest BCUT2D eigenvalue weighted by molar-refractivity contribution is 7.98. The van der Waals surface area contributed by atoms with E-state index in [0.29, 0.717) is 20.7 Å². The quantitative estimate of drug-likeness (QED) is 0.583. The van der Waals surface area contributed by atoms with Crippen molar-refractivity contribution in [3.8, 4) is 11.3 Å². The molecule has 2 heterocycles. The maximum Gasteiger partial charge on any atom is 0.257 e. The number of benzene rings is 2. The van der Waals surface area contributed by atoms with Crippen LogP contribution in [0.4, 0.5) is 5.13 Å². The van der Waals surface area contributed by atoms with E-state index in [9.17, 15) is 4.79 Å². The number of hydrogen-bond donors (Lipinski definition) is 1. The van der Waals surface area contributed by atoms with Crippen molar-refractivity contribution in [1.82, 2.24) is 4.98 Å². The molecule has 1 aromatic heterocycles. The van der Waals surface area contributed by atoms with Gasteiger partial charge in [0.2, 0.25) is 0 Å². The summed E-state index contributed by atoms with van der Waals surface area (Å²) < 4.78 is 0. The Balaban J connectivity index is 1.63. The number of halogens is 2. The minimum Gasteiger partial charge on any atom is -0.298 e. The van der Waals surface area contributed by atoms with Crippen LogP contribution in [0.1, 0.15) is 15.2 Å². The van der Waals surface area contributed by atoms with E-state index in [4.69, 9.17) is 23.2 Å². The number of thiazole rings is 1. The van der Waals surface area contributed by atoms with Crippen LogP contribution in [0.25, 0.3) is 11.3 Å². The Hall–Kier alpha value is -1.53. The third-order valence-electron chi connectivity index (χ3n) is 3.54. The molecule has 0 saturated carbocycles. The van der Waals surface area contributed by atoms with Crippen LogP contribution in [0, 0.1) is 0 Å². The summed E-state index contributed by atoms with van der Waals surface area (Å²) in [4.78, 5) is 19.4. The van der Waals surface area contributed by atoms with Crippen molar-refractivity contribution < 1.29 is 4.79 Å². The predicted octanol–water partition coefficient (Wildman–Crippen LogP) is 5.97. The van der Waals surface area contributed by atoms with Crippen molar-refractivity contribution >= 4 is 57.3 Å². The fraction of sp³-hybridized carbons (Fsp3) is 0.0588. The number of nitrogens with one attached hydrogen (secondary N) is 1. The van der Waals surface area contributed by atoms with Gasteiger partial charge < -0.3 is 0 Å². The molecule has 1 aliphatic heterocycles. The molecule has 0 bridgehead atoms. The van der Waals surface area contributed by atoms with Gasteiger partial charge in [0.1, 0.15) is 0 Å². The number of thioether (sulfide) groups is 1. The van der Waals surface area contributed by atoms with Gasteiger partial charge in [-0.15, -0.1) is 23.1 Å². The van der Waals surface area contributed by atoms with Crippen molar-refractivity contribution in [2.24, 2.45) is 0 Å². The van der Waals surface area contributed by atoms with E-state index in [0.717, 1.165) is 21.9 Å². The standard InChI is InChI=1S/C17H10Cl2N2OS2/c18-10-5-9(6-11(19)7-10)16(22)21-17-20-15-12-3-1-2-4-13(12)23-8-14(15)24-17/h1-7H,8H2,(H,20,21,22). The monoisotopic (exact) mass is 392 g/mol. The predicted molar refractivity (Wildman–Crippen MR) is 102 cm³/mol. The molecular formula is C17H10Cl2N2OS2. The fourth-order valence-electron chi connectivity index (χ4n) is 2.50. The second-order valence-electron chi connectivity index (χ2n) is 5.19. The van der Waals surface area contributed by atoms with Gasteiger partial charge in [-0.05, 0) is 24.3 Å². The van der Waals surface area contributed by atoms with Gasteiger partial charge in [0.25, 0.3) is 5.91 Å². The van der Waals surface area contributed by atoms with Crippen LogP contribution in [-0.4, -0.2) is 10.9 Å². The SMILES string of the molecule is O=C(Nc1nc2c(s1)CSc1ccccc1-2)c1cc(Cl)cc(Cl)c1. The van der Waals surface area contributed by atoms with Gasteiger partial charge >= 0.3 is 0 Å².